The summed E-state index contributed by atoms with van der Waals surface area (Å²) in [4.78, 5) is 8.05. The van der Waals surface area contributed by atoms with Gasteiger partial charge in [0.05, 0.1) is 5.02 Å². The number of thioether (sulfide) groups is 1. The van der Waals surface area contributed by atoms with Crippen LogP contribution in [-0.2, 0) is 16.0 Å². The Balaban J connectivity index is 2.18. The van der Waals surface area contributed by atoms with E-state index in [-0.39, 0.29) is 26.9 Å². The lowest BCUT2D eigenvalue weighted by molar-refractivity contribution is 0.526. The standard InChI is InChI=1S/C13H13Cl2FN4O2S2/c1-20(2)24(21,22)19-11-6-10(15)17-13(18-11)23-7-8-4-3-5-9(14)12(8)16/h3-6H,7H2,1-2H3,(H,17,18,19). The van der Waals surface area contributed by atoms with Gasteiger partial charge in [-0.1, -0.05) is 47.1 Å². The molecule has 0 saturated carbocycles. The van der Waals surface area contributed by atoms with Crippen LogP contribution in [0.1, 0.15) is 5.56 Å². The van der Waals surface area contributed by atoms with E-state index in [1.54, 1.807) is 12.1 Å². The first-order chi connectivity index (χ1) is 11.2. The Labute approximate surface area is 153 Å². The summed E-state index contributed by atoms with van der Waals surface area (Å²) < 4.78 is 40.8. The highest BCUT2D eigenvalue weighted by Gasteiger charge is 2.16. The molecule has 130 valence electrons. The van der Waals surface area contributed by atoms with Gasteiger partial charge in [-0.15, -0.1) is 0 Å². The van der Waals surface area contributed by atoms with E-state index >= 15 is 0 Å². The number of anilines is 1. The number of nitrogens with zero attached hydrogens (tertiary/aromatic N) is 3. The highest BCUT2D eigenvalue weighted by molar-refractivity contribution is 7.98. The predicted molar refractivity (Wildman–Crippen MR) is 94.2 cm³/mol. The molecule has 2 aromatic rings. The van der Waals surface area contributed by atoms with Crippen molar-refractivity contribution in [3.8, 4) is 0 Å². The molecule has 0 fully saturated rings. The van der Waals surface area contributed by atoms with Crippen LogP contribution in [0.15, 0.2) is 29.4 Å². The largest absolute Gasteiger partial charge is 0.302 e. The van der Waals surface area contributed by atoms with Crippen molar-refractivity contribution in [2.45, 2.75) is 10.9 Å². The summed E-state index contributed by atoms with van der Waals surface area (Å²) in [7, 11) is -0.961. The molecule has 0 spiro atoms. The van der Waals surface area contributed by atoms with Crippen LogP contribution in [0.5, 0.6) is 0 Å². The molecule has 24 heavy (non-hydrogen) atoms. The lowest BCUT2D eigenvalue weighted by Crippen LogP contribution is -2.29. The molecule has 6 nitrogen and oxygen atoms in total. The quantitative estimate of drug-likeness (QED) is 0.448. The van der Waals surface area contributed by atoms with Gasteiger partial charge in [0.15, 0.2) is 5.16 Å². The van der Waals surface area contributed by atoms with Crippen molar-refractivity contribution in [3.63, 3.8) is 0 Å². The molecule has 1 aromatic heterocycles. The van der Waals surface area contributed by atoms with Crippen LogP contribution in [0.4, 0.5) is 10.2 Å². The maximum Gasteiger partial charge on any atom is 0.302 e. The van der Waals surface area contributed by atoms with Gasteiger partial charge < -0.3 is 0 Å². The van der Waals surface area contributed by atoms with Crippen molar-refractivity contribution in [1.82, 2.24) is 14.3 Å². The first kappa shape index (κ1) is 19.2. The zero-order chi connectivity index (χ0) is 17.9. The maximum atomic E-state index is 13.9. The molecule has 0 unspecified atom stereocenters. The Morgan fingerprint density at radius 1 is 1.29 bits per heavy atom. The summed E-state index contributed by atoms with van der Waals surface area (Å²) in [6.45, 7) is 0. The van der Waals surface area contributed by atoms with Crippen LogP contribution in [0.3, 0.4) is 0 Å². The highest BCUT2D eigenvalue weighted by atomic mass is 35.5. The van der Waals surface area contributed by atoms with E-state index in [9.17, 15) is 12.8 Å². The van der Waals surface area contributed by atoms with Crippen LogP contribution in [0.25, 0.3) is 0 Å². The summed E-state index contributed by atoms with van der Waals surface area (Å²) in [6, 6.07) is 5.97. The number of hydrogen-bond acceptors (Lipinski definition) is 5. The third kappa shape index (κ3) is 4.93. The second-order valence-electron chi connectivity index (χ2n) is 4.75. The number of nitrogens with one attached hydrogen (secondary N) is 1. The summed E-state index contributed by atoms with van der Waals surface area (Å²) in [6.07, 6.45) is 0. The molecule has 0 saturated heterocycles. The van der Waals surface area contributed by atoms with Gasteiger partial charge in [0.1, 0.15) is 16.8 Å². The first-order valence-electron chi connectivity index (χ1n) is 6.49. The fourth-order valence-electron chi connectivity index (χ4n) is 1.54. The summed E-state index contributed by atoms with van der Waals surface area (Å²) in [5, 5.41) is 0.299. The molecule has 0 atom stereocenters. The minimum Gasteiger partial charge on any atom is -0.254 e. The van der Waals surface area contributed by atoms with Crippen molar-refractivity contribution >= 4 is 51.0 Å². The molecule has 0 aliphatic heterocycles. The van der Waals surface area contributed by atoms with E-state index in [2.05, 4.69) is 14.7 Å². The minimum atomic E-state index is -3.72. The molecule has 0 amide bonds. The maximum absolute atomic E-state index is 13.9. The van der Waals surface area contributed by atoms with E-state index in [0.29, 0.717) is 5.56 Å². The van der Waals surface area contributed by atoms with E-state index in [1.165, 1.54) is 26.2 Å². The van der Waals surface area contributed by atoms with Gasteiger partial charge in [0.2, 0.25) is 0 Å². The van der Waals surface area contributed by atoms with Crippen LogP contribution in [0.2, 0.25) is 10.2 Å². The first-order valence-corrected chi connectivity index (χ1v) is 9.68. The Bertz CT molecular complexity index is 850. The zero-order valence-corrected chi connectivity index (χ0v) is 15.8. The number of rotatable bonds is 6. The average Bonchev–Trinajstić information content (AvgIpc) is 2.47. The fraction of sp³-hybridized carbons (Fsp3) is 0.231. The normalized spacial score (nSPS) is 11.8. The number of benzene rings is 1. The Morgan fingerprint density at radius 3 is 2.67 bits per heavy atom. The van der Waals surface area contributed by atoms with E-state index in [4.69, 9.17) is 23.2 Å². The van der Waals surface area contributed by atoms with Gasteiger partial charge in [0.25, 0.3) is 0 Å². The number of hydrogen-bond donors (Lipinski definition) is 1. The van der Waals surface area contributed by atoms with Gasteiger partial charge in [-0.3, -0.25) is 4.72 Å². The van der Waals surface area contributed by atoms with Crippen molar-refractivity contribution in [3.05, 3.63) is 45.8 Å². The van der Waals surface area contributed by atoms with Gasteiger partial charge in [0, 0.05) is 25.9 Å². The summed E-state index contributed by atoms with van der Waals surface area (Å²) in [5.74, 6) is -0.271. The number of aromatic nitrogens is 2. The Morgan fingerprint density at radius 2 is 2.00 bits per heavy atom. The molecule has 2 rings (SSSR count). The van der Waals surface area contributed by atoms with Crippen LogP contribution < -0.4 is 4.72 Å². The molecular formula is C13H13Cl2FN4O2S2. The van der Waals surface area contributed by atoms with Crippen molar-refractivity contribution in [2.24, 2.45) is 0 Å². The van der Waals surface area contributed by atoms with E-state index < -0.39 is 16.0 Å². The van der Waals surface area contributed by atoms with Gasteiger partial charge in [-0.05, 0) is 11.6 Å². The molecule has 0 aliphatic carbocycles. The average molecular weight is 411 g/mol. The van der Waals surface area contributed by atoms with E-state index in [1.807, 2.05) is 0 Å². The number of halogens is 3. The van der Waals surface area contributed by atoms with Crippen molar-refractivity contribution in [1.29, 1.82) is 0 Å². The molecule has 1 heterocycles. The highest BCUT2D eigenvalue weighted by Crippen LogP contribution is 2.26. The molecule has 0 radical (unpaired) electrons. The van der Waals surface area contributed by atoms with Crippen LogP contribution in [-0.4, -0.2) is 36.8 Å². The molecule has 11 heteroatoms. The molecule has 0 aliphatic rings. The topological polar surface area (TPSA) is 75.2 Å². The van der Waals surface area contributed by atoms with Crippen molar-refractivity contribution < 1.29 is 12.8 Å². The van der Waals surface area contributed by atoms with Gasteiger partial charge >= 0.3 is 10.2 Å². The molecular weight excluding hydrogens is 398 g/mol. The minimum absolute atomic E-state index is 0.0257. The fourth-order valence-corrected chi connectivity index (χ4v) is 3.35. The van der Waals surface area contributed by atoms with E-state index in [0.717, 1.165) is 16.1 Å². The second kappa shape index (κ2) is 7.83. The molecule has 0 bridgehead atoms. The van der Waals surface area contributed by atoms with Gasteiger partial charge in [-0.2, -0.15) is 12.7 Å². The summed E-state index contributed by atoms with van der Waals surface area (Å²) in [5.41, 5.74) is 0.381. The summed E-state index contributed by atoms with van der Waals surface area (Å²) >= 11 is 12.7. The predicted octanol–water partition coefficient (Wildman–Crippen LogP) is 3.43. The third-order valence-corrected chi connectivity index (χ3v) is 5.59. The lowest BCUT2D eigenvalue weighted by atomic mass is 10.2. The van der Waals surface area contributed by atoms with Gasteiger partial charge in [-0.25, -0.2) is 14.4 Å². The van der Waals surface area contributed by atoms with Crippen LogP contribution in [0, 0.1) is 5.82 Å². The third-order valence-electron chi connectivity index (χ3n) is 2.78. The Hall–Kier alpha value is -1.13. The Kier molecular flexibility index (Phi) is 6.27. The molecule has 1 N–H and O–H groups in total. The molecule has 1 aromatic carbocycles. The van der Waals surface area contributed by atoms with Crippen molar-refractivity contribution in [2.75, 3.05) is 18.8 Å². The second-order valence-corrected chi connectivity index (χ2v) is 8.37. The lowest BCUT2D eigenvalue weighted by Gasteiger charge is -2.13. The SMILES string of the molecule is CN(C)S(=O)(=O)Nc1cc(Cl)nc(SCc2cccc(Cl)c2F)n1. The zero-order valence-electron chi connectivity index (χ0n) is 12.6. The van der Waals surface area contributed by atoms with Crippen LogP contribution >= 0.6 is 35.0 Å². The smallest absolute Gasteiger partial charge is 0.254 e. The monoisotopic (exact) mass is 410 g/mol.